The molecule has 0 spiro atoms. The average molecular weight is 433 g/mol. The van der Waals surface area contributed by atoms with Gasteiger partial charge in [-0.15, -0.1) is 0 Å². The number of rotatable bonds is 6. The summed E-state index contributed by atoms with van der Waals surface area (Å²) in [6.07, 6.45) is 4.00. The molecule has 0 unspecified atom stereocenters. The van der Waals surface area contributed by atoms with Crippen molar-refractivity contribution in [3.8, 4) is 5.75 Å². The van der Waals surface area contributed by atoms with E-state index in [0.29, 0.717) is 6.54 Å². The standard InChI is InChI=1S/C22H29BrN2O2/c1-4-6-12-22(5-2)15-24-19-14-20(27-3)18(23)13-17(19)21(25(22)26)16-10-8-7-9-11-16/h7-11,13-14,21,24,26H,4-6,12,15H2,1-3H3/t21-,22-/m1/s1. The van der Waals surface area contributed by atoms with Gasteiger partial charge in [-0.2, -0.15) is 5.06 Å². The van der Waals surface area contributed by atoms with Crippen molar-refractivity contribution in [2.24, 2.45) is 0 Å². The Balaban J connectivity index is 2.16. The lowest BCUT2D eigenvalue weighted by atomic mass is 9.86. The molecule has 1 heterocycles. The fourth-order valence-corrected chi connectivity index (χ4v) is 4.50. The van der Waals surface area contributed by atoms with Gasteiger partial charge < -0.3 is 15.3 Å². The molecule has 0 aliphatic carbocycles. The molecular formula is C22H29BrN2O2. The van der Waals surface area contributed by atoms with Gasteiger partial charge >= 0.3 is 0 Å². The zero-order valence-electron chi connectivity index (χ0n) is 16.3. The van der Waals surface area contributed by atoms with Crippen molar-refractivity contribution in [3.05, 3.63) is 58.1 Å². The van der Waals surface area contributed by atoms with Crippen LogP contribution in [0.1, 0.15) is 56.7 Å². The fraction of sp³-hybridized carbons (Fsp3) is 0.455. The Morgan fingerprint density at radius 2 is 2.00 bits per heavy atom. The highest BCUT2D eigenvalue weighted by molar-refractivity contribution is 9.10. The van der Waals surface area contributed by atoms with E-state index >= 15 is 0 Å². The zero-order chi connectivity index (χ0) is 19.4. The smallest absolute Gasteiger partial charge is 0.135 e. The van der Waals surface area contributed by atoms with Crippen LogP contribution in [0.3, 0.4) is 0 Å². The number of ether oxygens (including phenoxy) is 1. The third-order valence-corrected chi connectivity index (χ3v) is 6.35. The van der Waals surface area contributed by atoms with Gasteiger partial charge in [0.1, 0.15) is 5.75 Å². The summed E-state index contributed by atoms with van der Waals surface area (Å²) in [7, 11) is 1.67. The Labute approximate surface area is 170 Å². The van der Waals surface area contributed by atoms with Crippen LogP contribution in [0.5, 0.6) is 5.75 Å². The molecule has 0 fully saturated rings. The lowest BCUT2D eigenvalue weighted by Crippen LogP contribution is -2.51. The number of benzene rings is 2. The highest BCUT2D eigenvalue weighted by Gasteiger charge is 2.42. The number of nitrogens with one attached hydrogen (secondary N) is 1. The summed E-state index contributed by atoms with van der Waals surface area (Å²) >= 11 is 3.62. The minimum atomic E-state index is -0.324. The first-order valence-corrected chi connectivity index (χ1v) is 10.5. The minimum Gasteiger partial charge on any atom is -0.495 e. The molecule has 0 amide bonds. The van der Waals surface area contributed by atoms with Crippen LogP contribution in [0.2, 0.25) is 0 Å². The first-order chi connectivity index (χ1) is 13.1. The number of unbranched alkanes of at least 4 members (excludes halogenated alkanes) is 1. The van der Waals surface area contributed by atoms with E-state index in [1.165, 1.54) is 0 Å². The Morgan fingerprint density at radius 3 is 2.63 bits per heavy atom. The third kappa shape index (κ3) is 3.86. The van der Waals surface area contributed by atoms with Crippen molar-refractivity contribution in [1.82, 2.24) is 5.06 Å². The van der Waals surface area contributed by atoms with Crippen LogP contribution < -0.4 is 10.1 Å². The summed E-state index contributed by atoms with van der Waals surface area (Å²) in [6.45, 7) is 5.05. The number of hydroxylamine groups is 2. The molecule has 0 radical (unpaired) electrons. The number of methoxy groups -OCH3 is 1. The monoisotopic (exact) mass is 432 g/mol. The maximum absolute atomic E-state index is 11.6. The van der Waals surface area contributed by atoms with Crippen LogP contribution in [0, 0.1) is 0 Å². The van der Waals surface area contributed by atoms with Crippen LogP contribution in [-0.2, 0) is 0 Å². The van der Waals surface area contributed by atoms with E-state index < -0.39 is 0 Å². The second-order valence-corrected chi connectivity index (χ2v) is 8.12. The maximum atomic E-state index is 11.6. The molecule has 4 nitrogen and oxygen atoms in total. The van der Waals surface area contributed by atoms with E-state index in [4.69, 9.17) is 4.74 Å². The van der Waals surface area contributed by atoms with Crippen molar-refractivity contribution in [2.75, 3.05) is 19.0 Å². The zero-order valence-corrected chi connectivity index (χ0v) is 17.9. The molecular weight excluding hydrogens is 404 g/mol. The van der Waals surface area contributed by atoms with E-state index in [2.05, 4.69) is 53.3 Å². The van der Waals surface area contributed by atoms with Gasteiger partial charge in [-0.1, -0.05) is 57.0 Å². The van der Waals surface area contributed by atoms with Gasteiger partial charge in [0.25, 0.3) is 0 Å². The molecule has 2 atom stereocenters. The van der Waals surface area contributed by atoms with Crippen molar-refractivity contribution in [1.29, 1.82) is 0 Å². The van der Waals surface area contributed by atoms with Crippen LogP contribution in [-0.4, -0.2) is 29.5 Å². The van der Waals surface area contributed by atoms with E-state index in [9.17, 15) is 5.21 Å². The van der Waals surface area contributed by atoms with E-state index in [1.807, 2.05) is 24.3 Å². The Bertz CT molecular complexity index is 768. The number of anilines is 1. The highest BCUT2D eigenvalue weighted by atomic mass is 79.9. The second kappa shape index (κ2) is 8.63. The first-order valence-electron chi connectivity index (χ1n) is 9.70. The Kier molecular flexibility index (Phi) is 6.45. The normalized spacial score (nSPS) is 22.6. The predicted octanol–water partition coefficient (Wildman–Crippen LogP) is 6.00. The molecule has 0 saturated carbocycles. The van der Waals surface area contributed by atoms with E-state index in [1.54, 1.807) is 12.2 Å². The first kappa shape index (κ1) is 20.2. The molecule has 0 bridgehead atoms. The largest absolute Gasteiger partial charge is 0.495 e. The Hall–Kier alpha value is -1.56. The van der Waals surface area contributed by atoms with Crippen molar-refractivity contribution in [3.63, 3.8) is 0 Å². The average Bonchev–Trinajstić information content (AvgIpc) is 2.81. The van der Waals surface area contributed by atoms with Gasteiger partial charge in [-0.25, -0.2) is 0 Å². The molecule has 1 aliphatic heterocycles. The third-order valence-electron chi connectivity index (χ3n) is 5.73. The molecule has 2 aromatic rings. The van der Waals surface area contributed by atoms with Crippen molar-refractivity contribution in [2.45, 2.75) is 51.1 Å². The number of hydrogen-bond acceptors (Lipinski definition) is 4. The molecule has 2 aromatic carbocycles. The molecule has 5 heteroatoms. The van der Waals surface area contributed by atoms with Gasteiger partial charge in [0, 0.05) is 23.9 Å². The number of fused-ring (bicyclic) bond motifs is 1. The van der Waals surface area contributed by atoms with Crippen molar-refractivity contribution < 1.29 is 9.94 Å². The van der Waals surface area contributed by atoms with Gasteiger partial charge in [-0.3, -0.25) is 0 Å². The van der Waals surface area contributed by atoms with Gasteiger partial charge in [0.15, 0.2) is 0 Å². The van der Waals surface area contributed by atoms with Crippen LogP contribution >= 0.6 is 15.9 Å². The molecule has 146 valence electrons. The number of halogens is 1. The lowest BCUT2D eigenvalue weighted by Gasteiger charge is -2.42. The Morgan fingerprint density at radius 1 is 1.26 bits per heavy atom. The maximum Gasteiger partial charge on any atom is 0.135 e. The van der Waals surface area contributed by atoms with Crippen LogP contribution in [0.25, 0.3) is 0 Å². The summed E-state index contributed by atoms with van der Waals surface area (Å²) < 4.78 is 6.39. The molecule has 0 aromatic heterocycles. The summed E-state index contributed by atoms with van der Waals surface area (Å²) in [6, 6.07) is 14.1. The van der Waals surface area contributed by atoms with E-state index in [0.717, 1.165) is 52.7 Å². The number of nitrogens with zero attached hydrogens (tertiary/aromatic N) is 1. The van der Waals surface area contributed by atoms with Crippen molar-refractivity contribution >= 4 is 21.6 Å². The molecule has 2 N–H and O–H groups in total. The molecule has 0 saturated heterocycles. The molecule has 1 aliphatic rings. The SMILES string of the molecule is CCCC[C@]1(CC)CNc2cc(OC)c(Br)cc2[C@@H](c2ccccc2)N1O. The molecule has 27 heavy (non-hydrogen) atoms. The lowest BCUT2D eigenvalue weighted by molar-refractivity contribution is -0.195. The van der Waals surface area contributed by atoms with Gasteiger partial charge in [0.2, 0.25) is 0 Å². The second-order valence-electron chi connectivity index (χ2n) is 7.27. The summed E-state index contributed by atoms with van der Waals surface area (Å²) in [5.41, 5.74) is 2.81. The topological polar surface area (TPSA) is 44.7 Å². The van der Waals surface area contributed by atoms with E-state index in [-0.39, 0.29) is 11.6 Å². The van der Waals surface area contributed by atoms with Gasteiger partial charge in [-0.05, 0) is 40.4 Å². The summed E-state index contributed by atoms with van der Waals surface area (Å²) in [5, 5.41) is 16.8. The van der Waals surface area contributed by atoms with Gasteiger partial charge in [0.05, 0.1) is 23.2 Å². The summed E-state index contributed by atoms with van der Waals surface area (Å²) in [5.74, 6) is 0.787. The highest BCUT2D eigenvalue weighted by Crippen LogP contribution is 2.45. The van der Waals surface area contributed by atoms with Crippen LogP contribution in [0.15, 0.2) is 46.9 Å². The molecule has 3 rings (SSSR count). The minimum absolute atomic E-state index is 0.241. The quantitative estimate of drug-likeness (QED) is 0.586. The summed E-state index contributed by atoms with van der Waals surface area (Å²) in [4.78, 5) is 0. The fourth-order valence-electron chi connectivity index (χ4n) is 3.98. The van der Waals surface area contributed by atoms with Crippen LogP contribution in [0.4, 0.5) is 5.69 Å². The number of hydrogen-bond donors (Lipinski definition) is 2. The predicted molar refractivity (Wildman–Crippen MR) is 114 cm³/mol.